The van der Waals surface area contributed by atoms with Crippen LogP contribution in [0.15, 0.2) is 99.4 Å². The molecule has 4 aromatic rings. The van der Waals surface area contributed by atoms with E-state index in [2.05, 4.69) is 26.6 Å². The van der Waals surface area contributed by atoms with E-state index in [4.69, 9.17) is 33.2 Å². The molecule has 0 atom stereocenters. The Labute approximate surface area is 252 Å². The molecule has 0 spiro atoms. The predicted molar refractivity (Wildman–Crippen MR) is 163 cm³/mol. The standard InChI is InChI=1S/C29H20BrCl2F3N6/c30-19-7-4-9-21(14-19)41(27-36-15-17-5-1-2-10-24(17)38-27)40(20-8-3-6-18(13-20)29(33,34)35)28-37-16-22-25(39-28)12-11-23(31)26(22)32/h1-14H,15-16H2,(H,36,38)(H,37,39). The maximum Gasteiger partial charge on any atom is 0.416 e. The van der Waals surface area contributed by atoms with Crippen molar-refractivity contribution in [2.75, 3.05) is 20.7 Å². The lowest BCUT2D eigenvalue weighted by molar-refractivity contribution is -0.137. The van der Waals surface area contributed by atoms with Gasteiger partial charge in [-0.1, -0.05) is 69.5 Å². The topological polar surface area (TPSA) is 55.3 Å². The van der Waals surface area contributed by atoms with Gasteiger partial charge in [-0.3, -0.25) is 0 Å². The van der Waals surface area contributed by atoms with Crippen molar-refractivity contribution in [1.82, 2.24) is 0 Å². The summed E-state index contributed by atoms with van der Waals surface area (Å²) in [5.41, 5.74) is 3.17. The van der Waals surface area contributed by atoms with Gasteiger partial charge in [-0.2, -0.15) is 13.2 Å². The van der Waals surface area contributed by atoms with Crippen molar-refractivity contribution >= 4 is 73.8 Å². The number of alkyl halides is 3. The van der Waals surface area contributed by atoms with Crippen LogP contribution in [-0.2, 0) is 19.3 Å². The van der Waals surface area contributed by atoms with Crippen LogP contribution < -0.4 is 20.7 Å². The highest BCUT2D eigenvalue weighted by Crippen LogP contribution is 2.38. The lowest BCUT2D eigenvalue weighted by Crippen LogP contribution is -2.56. The summed E-state index contributed by atoms with van der Waals surface area (Å²) in [4.78, 5) is 9.51. The van der Waals surface area contributed by atoms with E-state index >= 15 is 0 Å². The fourth-order valence-corrected chi connectivity index (χ4v) is 5.39. The average Bonchev–Trinajstić information content (AvgIpc) is 2.97. The number of halogens is 6. The molecular formula is C29H20BrCl2F3N6. The summed E-state index contributed by atoms with van der Waals surface area (Å²) < 4.78 is 42.5. The zero-order valence-electron chi connectivity index (χ0n) is 21.1. The molecule has 0 bridgehead atoms. The normalized spacial score (nSPS) is 14.1. The van der Waals surface area contributed by atoms with Crippen LogP contribution in [-0.4, -0.2) is 11.9 Å². The molecule has 2 aliphatic heterocycles. The van der Waals surface area contributed by atoms with Gasteiger partial charge in [0.15, 0.2) is 0 Å². The molecule has 0 fully saturated rings. The van der Waals surface area contributed by atoms with Crippen LogP contribution in [0.2, 0.25) is 10.0 Å². The van der Waals surface area contributed by atoms with Gasteiger partial charge in [0.2, 0.25) is 11.9 Å². The summed E-state index contributed by atoms with van der Waals surface area (Å²) in [5.74, 6) is 0.655. The largest absolute Gasteiger partial charge is 0.416 e. The van der Waals surface area contributed by atoms with Crippen molar-refractivity contribution in [2.45, 2.75) is 19.3 Å². The minimum atomic E-state index is -4.56. The number of benzene rings is 4. The fraction of sp³-hybridized carbons (Fsp3) is 0.103. The van der Waals surface area contributed by atoms with Crippen molar-refractivity contribution < 1.29 is 13.2 Å². The Hall–Kier alpha value is -3.73. The third kappa shape index (κ3) is 5.47. The van der Waals surface area contributed by atoms with Crippen molar-refractivity contribution in [1.29, 1.82) is 0 Å². The summed E-state index contributed by atoms with van der Waals surface area (Å²) in [6, 6.07) is 23.6. The first-order valence-corrected chi connectivity index (χ1v) is 13.9. The Morgan fingerprint density at radius 3 is 2.12 bits per heavy atom. The van der Waals surface area contributed by atoms with E-state index in [-0.39, 0.29) is 18.2 Å². The third-order valence-electron chi connectivity index (χ3n) is 6.56. The van der Waals surface area contributed by atoms with Gasteiger partial charge in [0.1, 0.15) is 0 Å². The Morgan fingerprint density at radius 2 is 1.39 bits per heavy atom. The highest BCUT2D eigenvalue weighted by Gasteiger charge is 2.35. The van der Waals surface area contributed by atoms with E-state index in [1.54, 1.807) is 28.2 Å². The molecule has 0 amide bonds. The second-order valence-electron chi connectivity index (χ2n) is 9.23. The molecule has 208 valence electrons. The molecule has 41 heavy (non-hydrogen) atoms. The molecule has 6 rings (SSSR count). The first kappa shape index (κ1) is 27.4. The van der Waals surface area contributed by atoms with Gasteiger partial charge in [0, 0.05) is 21.4 Å². The number of aliphatic imine (C=N–C) groups is 2. The monoisotopic (exact) mass is 658 g/mol. The molecule has 2 N–H and O–H groups in total. The van der Waals surface area contributed by atoms with Crippen molar-refractivity contribution in [3.05, 3.63) is 116 Å². The van der Waals surface area contributed by atoms with Crippen LogP contribution in [0, 0.1) is 0 Å². The number of fused-ring (bicyclic) bond motifs is 2. The van der Waals surface area contributed by atoms with Crippen molar-refractivity contribution in [2.24, 2.45) is 9.98 Å². The summed E-state index contributed by atoms with van der Waals surface area (Å²) in [6.45, 7) is 0.526. The van der Waals surface area contributed by atoms with Crippen LogP contribution in [0.4, 0.5) is 35.9 Å². The molecule has 0 saturated heterocycles. The van der Waals surface area contributed by atoms with Crippen LogP contribution >= 0.6 is 39.1 Å². The van der Waals surface area contributed by atoms with Gasteiger partial charge in [-0.15, -0.1) is 0 Å². The third-order valence-corrected chi connectivity index (χ3v) is 7.90. The number of guanidine groups is 2. The van der Waals surface area contributed by atoms with Crippen molar-refractivity contribution in [3.8, 4) is 0 Å². The van der Waals surface area contributed by atoms with Gasteiger partial charge in [-0.25, -0.2) is 20.0 Å². The Morgan fingerprint density at radius 1 is 0.732 bits per heavy atom. The molecule has 4 aromatic carbocycles. The SMILES string of the molecule is FC(F)(F)c1cccc(N(C2=NCc3c(ccc(Cl)c3Cl)N2)N(C2=NCc3ccccc3N2)c2cccc(Br)c2)c1. The van der Waals surface area contributed by atoms with Gasteiger partial charge in [-0.05, 0) is 60.2 Å². The second kappa shape index (κ2) is 10.9. The molecule has 0 aliphatic carbocycles. The quantitative estimate of drug-likeness (QED) is 0.211. The van der Waals surface area contributed by atoms with Crippen LogP contribution in [0.3, 0.4) is 0 Å². The summed E-state index contributed by atoms with van der Waals surface area (Å²) in [7, 11) is 0. The lowest BCUT2D eigenvalue weighted by atomic mass is 10.1. The first-order valence-electron chi connectivity index (χ1n) is 12.4. The predicted octanol–water partition coefficient (Wildman–Crippen LogP) is 8.97. The number of para-hydroxylation sites is 1. The van der Waals surface area contributed by atoms with Gasteiger partial charge in [0.25, 0.3) is 0 Å². The number of rotatable bonds is 2. The molecule has 2 aliphatic rings. The molecular weight excluding hydrogens is 640 g/mol. The smallest absolute Gasteiger partial charge is 0.324 e. The van der Waals surface area contributed by atoms with E-state index < -0.39 is 11.7 Å². The van der Waals surface area contributed by atoms with E-state index in [1.165, 1.54) is 6.07 Å². The summed E-state index contributed by atoms with van der Waals surface area (Å²) in [6.07, 6.45) is -4.56. The van der Waals surface area contributed by atoms with E-state index in [0.29, 0.717) is 39.5 Å². The van der Waals surface area contributed by atoms with E-state index in [1.807, 2.05) is 48.5 Å². The first-order chi connectivity index (χ1) is 19.7. The molecule has 0 saturated carbocycles. The Balaban J connectivity index is 1.54. The van der Waals surface area contributed by atoms with Crippen molar-refractivity contribution in [3.63, 3.8) is 0 Å². The summed E-state index contributed by atoms with van der Waals surface area (Å²) in [5, 5.41) is 10.6. The van der Waals surface area contributed by atoms with Gasteiger partial charge >= 0.3 is 6.18 Å². The maximum atomic E-state index is 13.9. The molecule has 0 radical (unpaired) electrons. The number of nitrogens with zero attached hydrogens (tertiary/aromatic N) is 4. The fourth-order valence-electron chi connectivity index (χ4n) is 4.61. The van der Waals surface area contributed by atoms with E-state index in [0.717, 1.165) is 27.9 Å². The van der Waals surface area contributed by atoms with Gasteiger partial charge in [0.05, 0.1) is 40.1 Å². The van der Waals surface area contributed by atoms with Crippen LogP contribution in [0.1, 0.15) is 16.7 Å². The molecule has 0 unspecified atom stereocenters. The van der Waals surface area contributed by atoms with Crippen LogP contribution in [0.25, 0.3) is 0 Å². The average molecular weight is 660 g/mol. The maximum absolute atomic E-state index is 13.9. The second-order valence-corrected chi connectivity index (χ2v) is 10.9. The minimum absolute atomic E-state index is 0.154. The number of hydrazine groups is 1. The number of hydrogen-bond acceptors (Lipinski definition) is 6. The van der Waals surface area contributed by atoms with Gasteiger partial charge < -0.3 is 10.6 Å². The minimum Gasteiger partial charge on any atom is -0.324 e. The zero-order chi connectivity index (χ0) is 28.7. The van der Waals surface area contributed by atoms with Crippen LogP contribution in [0.5, 0.6) is 0 Å². The molecule has 2 heterocycles. The lowest BCUT2D eigenvalue weighted by Gasteiger charge is -2.41. The zero-order valence-corrected chi connectivity index (χ0v) is 24.2. The molecule has 6 nitrogen and oxygen atoms in total. The highest BCUT2D eigenvalue weighted by atomic mass is 79.9. The number of anilines is 4. The Kier molecular flexibility index (Phi) is 7.31. The highest BCUT2D eigenvalue weighted by molar-refractivity contribution is 9.10. The molecule has 0 aromatic heterocycles. The Bertz CT molecular complexity index is 1710. The molecule has 12 heteroatoms. The number of hydrogen-bond donors (Lipinski definition) is 2. The number of nitrogens with one attached hydrogen (secondary N) is 2. The van der Waals surface area contributed by atoms with E-state index in [9.17, 15) is 13.2 Å². The summed E-state index contributed by atoms with van der Waals surface area (Å²) >= 11 is 16.2.